The van der Waals surface area contributed by atoms with Crippen LogP contribution in [0.2, 0.25) is 5.02 Å². The molecule has 0 fully saturated rings. The van der Waals surface area contributed by atoms with Crippen LogP contribution in [0.25, 0.3) is 0 Å². The number of likely N-dealkylation sites (N-methyl/N-ethyl adjacent to an activating group) is 1. The maximum absolute atomic E-state index is 12.6. The molecule has 1 nitrogen and oxygen atoms in total. The van der Waals surface area contributed by atoms with Gasteiger partial charge in [-0.3, -0.25) is 0 Å². The molecular formula is C10H11ClF3N. The first-order valence-electron chi connectivity index (χ1n) is 4.45. The third-order valence-electron chi connectivity index (χ3n) is 2.02. The molecule has 0 atom stereocenters. The van der Waals surface area contributed by atoms with Gasteiger partial charge in [-0.05, 0) is 37.7 Å². The van der Waals surface area contributed by atoms with Crippen LogP contribution < -0.4 is 5.32 Å². The summed E-state index contributed by atoms with van der Waals surface area (Å²) in [4.78, 5) is 0. The summed E-state index contributed by atoms with van der Waals surface area (Å²) in [5.41, 5.74) is -0.383. The van der Waals surface area contributed by atoms with Gasteiger partial charge in [-0.25, -0.2) is 0 Å². The van der Waals surface area contributed by atoms with Gasteiger partial charge in [0.1, 0.15) is 0 Å². The zero-order valence-corrected chi connectivity index (χ0v) is 8.91. The molecule has 15 heavy (non-hydrogen) atoms. The molecule has 0 aromatic heterocycles. The Balaban J connectivity index is 3.04. The maximum atomic E-state index is 12.6. The minimum atomic E-state index is -4.34. The first-order chi connectivity index (χ1) is 6.95. The highest BCUT2D eigenvalue weighted by Gasteiger charge is 2.33. The molecule has 0 radical (unpaired) electrons. The standard InChI is InChI=1S/C10H11ClF3N/c1-15-5-4-7-2-3-8(11)6-9(7)10(12,13)14/h2-3,6,15H,4-5H2,1H3. The summed E-state index contributed by atoms with van der Waals surface area (Å²) >= 11 is 5.54. The predicted molar refractivity (Wildman–Crippen MR) is 54.1 cm³/mol. The molecule has 0 bridgehead atoms. The molecule has 0 heterocycles. The number of halogens is 4. The van der Waals surface area contributed by atoms with Crippen molar-refractivity contribution < 1.29 is 13.2 Å². The van der Waals surface area contributed by atoms with Crippen molar-refractivity contribution in [2.45, 2.75) is 12.6 Å². The van der Waals surface area contributed by atoms with Crippen molar-refractivity contribution in [2.24, 2.45) is 0 Å². The SMILES string of the molecule is CNCCc1ccc(Cl)cc1C(F)(F)F. The molecule has 0 aliphatic carbocycles. The Morgan fingerprint density at radius 1 is 1.33 bits per heavy atom. The second kappa shape index (κ2) is 4.86. The van der Waals surface area contributed by atoms with E-state index in [1.165, 1.54) is 12.1 Å². The summed E-state index contributed by atoms with van der Waals surface area (Å²) < 4.78 is 37.7. The third-order valence-corrected chi connectivity index (χ3v) is 2.26. The molecule has 0 aliphatic heterocycles. The lowest BCUT2D eigenvalue weighted by atomic mass is 10.0. The Labute approximate surface area is 91.2 Å². The van der Waals surface area contributed by atoms with Crippen LogP contribution >= 0.6 is 11.6 Å². The first kappa shape index (κ1) is 12.3. The van der Waals surface area contributed by atoms with Crippen molar-refractivity contribution in [1.29, 1.82) is 0 Å². The Bertz CT molecular complexity index is 336. The fourth-order valence-corrected chi connectivity index (χ4v) is 1.46. The van der Waals surface area contributed by atoms with Crippen LogP contribution in [0, 0.1) is 0 Å². The summed E-state index contributed by atoms with van der Waals surface area (Å²) in [6.07, 6.45) is -4.00. The zero-order valence-electron chi connectivity index (χ0n) is 8.16. The van der Waals surface area contributed by atoms with Gasteiger partial charge in [-0.15, -0.1) is 0 Å². The molecule has 1 N–H and O–H groups in total. The van der Waals surface area contributed by atoms with Crippen LogP contribution in [0.1, 0.15) is 11.1 Å². The summed E-state index contributed by atoms with van der Waals surface area (Å²) in [6.45, 7) is 0.505. The number of hydrogen-bond acceptors (Lipinski definition) is 1. The summed E-state index contributed by atoms with van der Waals surface area (Å²) in [7, 11) is 1.70. The molecule has 84 valence electrons. The molecule has 0 saturated heterocycles. The number of rotatable bonds is 3. The van der Waals surface area contributed by atoms with Crippen LogP contribution in [0.3, 0.4) is 0 Å². The molecule has 0 unspecified atom stereocenters. The van der Waals surface area contributed by atoms with Gasteiger partial charge < -0.3 is 5.32 Å². The number of nitrogens with one attached hydrogen (secondary N) is 1. The van der Waals surface area contributed by atoms with E-state index in [1.807, 2.05) is 0 Å². The highest BCUT2D eigenvalue weighted by molar-refractivity contribution is 6.30. The number of hydrogen-bond donors (Lipinski definition) is 1. The van der Waals surface area contributed by atoms with E-state index < -0.39 is 11.7 Å². The fourth-order valence-electron chi connectivity index (χ4n) is 1.29. The van der Waals surface area contributed by atoms with Crippen molar-refractivity contribution in [3.63, 3.8) is 0 Å². The van der Waals surface area contributed by atoms with Crippen molar-refractivity contribution in [2.75, 3.05) is 13.6 Å². The Kier molecular flexibility index (Phi) is 3.99. The van der Waals surface area contributed by atoms with Gasteiger partial charge in [0.15, 0.2) is 0 Å². The topological polar surface area (TPSA) is 12.0 Å². The summed E-state index contributed by atoms with van der Waals surface area (Å²) in [5.74, 6) is 0. The smallest absolute Gasteiger partial charge is 0.319 e. The van der Waals surface area contributed by atoms with Crippen molar-refractivity contribution in [3.8, 4) is 0 Å². The normalized spacial score (nSPS) is 11.8. The Hall–Kier alpha value is -0.740. The molecule has 1 rings (SSSR count). The molecule has 1 aromatic rings. The monoisotopic (exact) mass is 237 g/mol. The van der Waals surface area contributed by atoms with E-state index >= 15 is 0 Å². The lowest BCUT2D eigenvalue weighted by molar-refractivity contribution is -0.138. The van der Waals surface area contributed by atoms with E-state index in [2.05, 4.69) is 5.32 Å². The Morgan fingerprint density at radius 2 is 2.00 bits per heavy atom. The number of alkyl halides is 3. The van der Waals surface area contributed by atoms with Gasteiger partial charge >= 0.3 is 6.18 Å². The van der Waals surface area contributed by atoms with Crippen LogP contribution in [-0.4, -0.2) is 13.6 Å². The van der Waals surface area contributed by atoms with E-state index in [0.29, 0.717) is 13.0 Å². The van der Waals surface area contributed by atoms with E-state index in [-0.39, 0.29) is 10.6 Å². The van der Waals surface area contributed by atoms with Gasteiger partial charge in [-0.2, -0.15) is 13.2 Å². The maximum Gasteiger partial charge on any atom is 0.416 e. The molecule has 0 saturated carbocycles. The minimum absolute atomic E-state index is 0.107. The van der Waals surface area contributed by atoms with E-state index in [1.54, 1.807) is 7.05 Å². The highest BCUT2D eigenvalue weighted by Crippen LogP contribution is 2.33. The van der Waals surface area contributed by atoms with E-state index in [9.17, 15) is 13.2 Å². The molecule has 1 aromatic carbocycles. The van der Waals surface area contributed by atoms with Crippen LogP contribution in [-0.2, 0) is 12.6 Å². The second-order valence-electron chi connectivity index (χ2n) is 3.15. The van der Waals surface area contributed by atoms with Crippen molar-refractivity contribution >= 4 is 11.6 Å². The van der Waals surface area contributed by atoms with Gasteiger partial charge in [0.2, 0.25) is 0 Å². The zero-order chi connectivity index (χ0) is 11.5. The minimum Gasteiger partial charge on any atom is -0.319 e. The number of benzene rings is 1. The average molecular weight is 238 g/mol. The van der Waals surface area contributed by atoms with Crippen molar-refractivity contribution in [1.82, 2.24) is 5.32 Å². The largest absolute Gasteiger partial charge is 0.416 e. The first-order valence-corrected chi connectivity index (χ1v) is 4.83. The summed E-state index contributed by atoms with van der Waals surface area (Å²) in [6, 6.07) is 3.86. The van der Waals surface area contributed by atoms with Crippen LogP contribution in [0.4, 0.5) is 13.2 Å². The van der Waals surface area contributed by atoms with Crippen molar-refractivity contribution in [3.05, 3.63) is 34.3 Å². The third kappa shape index (κ3) is 3.39. The van der Waals surface area contributed by atoms with Gasteiger partial charge in [0, 0.05) is 5.02 Å². The van der Waals surface area contributed by atoms with Crippen LogP contribution in [0.15, 0.2) is 18.2 Å². The second-order valence-corrected chi connectivity index (χ2v) is 3.59. The fraction of sp³-hybridized carbons (Fsp3) is 0.400. The average Bonchev–Trinajstić information content (AvgIpc) is 2.14. The van der Waals surface area contributed by atoms with Gasteiger partial charge in [0.05, 0.1) is 5.56 Å². The van der Waals surface area contributed by atoms with Gasteiger partial charge in [0.25, 0.3) is 0 Å². The molecule has 0 amide bonds. The molecule has 5 heteroatoms. The molecular weight excluding hydrogens is 227 g/mol. The molecule has 0 spiro atoms. The van der Waals surface area contributed by atoms with Crippen LogP contribution in [0.5, 0.6) is 0 Å². The summed E-state index contributed by atoms with van der Waals surface area (Å²) in [5, 5.41) is 2.92. The predicted octanol–water partition coefficient (Wildman–Crippen LogP) is 3.12. The Morgan fingerprint density at radius 3 is 2.53 bits per heavy atom. The van der Waals surface area contributed by atoms with E-state index in [0.717, 1.165) is 6.07 Å². The molecule has 0 aliphatic rings. The lowest BCUT2D eigenvalue weighted by Gasteiger charge is -2.12. The highest BCUT2D eigenvalue weighted by atomic mass is 35.5. The lowest BCUT2D eigenvalue weighted by Crippen LogP contribution is -2.15. The van der Waals surface area contributed by atoms with Gasteiger partial charge in [-0.1, -0.05) is 17.7 Å². The quantitative estimate of drug-likeness (QED) is 0.852. The van der Waals surface area contributed by atoms with E-state index in [4.69, 9.17) is 11.6 Å².